The number of nitrogens with two attached hydrogens (primary N) is 1. The van der Waals surface area contributed by atoms with Crippen molar-refractivity contribution in [2.24, 2.45) is 11.1 Å². The standard InChI is InChI=1S/C30H37N6O2.Cr/c1-20-10-4-3-5-13-23-21-12-8-14-24(26(21)38-19-30(23,2)16-9-11-20)34-28-22(27(31)37)18-33-29(36-28)35-25-15-6-7-17-32-25;/h6-8,12,14-15,17-18,23H,3-5,9-11,13,16,19H2,1-2H3,(H2,31,37)(H2,32,33,34,35,36);/q-1;. The van der Waals surface area contributed by atoms with E-state index in [2.05, 4.69) is 51.6 Å². The Morgan fingerprint density at radius 2 is 1.92 bits per heavy atom. The number of anilines is 4. The van der Waals surface area contributed by atoms with Crippen LogP contribution in [0.1, 0.15) is 87.1 Å². The number of primary amides is 1. The van der Waals surface area contributed by atoms with Crippen molar-refractivity contribution in [3.05, 3.63) is 65.8 Å². The Bertz CT molecular complexity index is 1270. The Labute approximate surface area is 241 Å². The first-order chi connectivity index (χ1) is 18.4. The van der Waals surface area contributed by atoms with Gasteiger partial charge in [-0.3, -0.25) is 4.79 Å². The summed E-state index contributed by atoms with van der Waals surface area (Å²) < 4.78 is 6.50. The van der Waals surface area contributed by atoms with Gasteiger partial charge in [0.15, 0.2) is 0 Å². The summed E-state index contributed by atoms with van der Waals surface area (Å²) in [4.78, 5) is 25.3. The molecule has 2 atom stereocenters. The SMILES string of the molecule is C[C-]1CCCCCC2c3cccc(Nc4nc(Nc5ccccn5)ncc4C(N)=O)c3OCC2(C)CCC1.[Cr]. The summed E-state index contributed by atoms with van der Waals surface area (Å²) >= 11 is 0. The molecule has 1 aliphatic heterocycles. The molecule has 1 saturated carbocycles. The number of pyridine rings is 1. The van der Waals surface area contributed by atoms with E-state index >= 15 is 0 Å². The van der Waals surface area contributed by atoms with Gasteiger partial charge in [-0.2, -0.15) is 24.7 Å². The zero-order chi connectivity index (χ0) is 26.5. The van der Waals surface area contributed by atoms with Crippen LogP contribution in [0.5, 0.6) is 5.75 Å². The Morgan fingerprint density at radius 3 is 2.72 bits per heavy atom. The molecule has 2 aromatic heterocycles. The smallest absolute Gasteiger partial charge is 0.254 e. The zero-order valence-electron chi connectivity index (χ0n) is 22.7. The number of hydrogen-bond acceptors (Lipinski definition) is 7. The van der Waals surface area contributed by atoms with Gasteiger partial charge in [0.2, 0.25) is 5.95 Å². The number of carbonyl (C=O) groups excluding carboxylic acids is 1. The normalized spacial score (nSPS) is 21.6. The van der Waals surface area contributed by atoms with Crippen LogP contribution in [0.25, 0.3) is 0 Å². The second-order valence-corrected chi connectivity index (χ2v) is 10.9. The van der Waals surface area contributed by atoms with Gasteiger partial charge in [0, 0.05) is 40.7 Å². The van der Waals surface area contributed by atoms with Gasteiger partial charge in [0.1, 0.15) is 22.9 Å². The van der Waals surface area contributed by atoms with Gasteiger partial charge in [0.05, 0.1) is 12.3 Å². The first-order valence-corrected chi connectivity index (χ1v) is 13.6. The molecule has 1 aliphatic carbocycles. The number of nitrogens with one attached hydrogen (secondary N) is 2. The van der Waals surface area contributed by atoms with E-state index in [1.54, 1.807) is 12.1 Å². The maximum atomic E-state index is 12.2. The molecule has 2 aliphatic rings. The second kappa shape index (κ2) is 12.8. The van der Waals surface area contributed by atoms with Crippen LogP contribution in [0, 0.1) is 11.3 Å². The number of ether oxygens (including phenoxy) is 1. The van der Waals surface area contributed by atoms with Gasteiger partial charge in [-0.15, -0.1) is 0 Å². The van der Waals surface area contributed by atoms with E-state index in [-0.39, 0.29) is 28.3 Å². The van der Waals surface area contributed by atoms with Gasteiger partial charge >= 0.3 is 0 Å². The number of aromatic nitrogens is 3. The minimum Gasteiger partial charge on any atom is -0.491 e. The van der Waals surface area contributed by atoms with Crippen molar-refractivity contribution >= 4 is 29.2 Å². The minimum absolute atomic E-state index is 0. The molecule has 9 heteroatoms. The number of para-hydroxylation sites is 1. The number of hydrogen-bond donors (Lipinski definition) is 3. The average Bonchev–Trinajstić information content (AvgIpc) is 2.93. The summed E-state index contributed by atoms with van der Waals surface area (Å²) in [5.41, 5.74) is 7.96. The summed E-state index contributed by atoms with van der Waals surface area (Å²) in [5.74, 6) is 3.50. The third-order valence-corrected chi connectivity index (χ3v) is 7.97. The van der Waals surface area contributed by atoms with Crippen LogP contribution in [0.3, 0.4) is 0 Å². The van der Waals surface area contributed by atoms with Crippen molar-refractivity contribution in [1.29, 1.82) is 0 Å². The van der Waals surface area contributed by atoms with E-state index < -0.39 is 5.91 Å². The number of amides is 1. The number of fused-ring (bicyclic) bond motifs is 3. The summed E-state index contributed by atoms with van der Waals surface area (Å²) in [6.07, 6.45) is 12.8. The third-order valence-electron chi connectivity index (χ3n) is 7.97. The number of rotatable bonds is 5. The van der Waals surface area contributed by atoms with Crippen LogP contribution in [0.15, 0.2) is 48.8 Å². The monoisotopic (exact) mass is 565 g/mol. The summed E-state index contributed by atoms with van der Waals surface area (Å²) in [6, 6.07) is 11.7. The second-order valence-electron chi connectivity index (χ2n) is 10.9. The fraction of sp³-hybridized carbons (Fsp3) is 0.433. The van der Waals surface area contributed by atoms with Crippen LogP contribution in [0.4, 0.5) is 23.3 Å². The van der Waals surface area contributed by atoms with Gasteiger partial charge in [-0.1, -0.05) is 50.8 Å². The molecule has 4 N–H and O–H groups in total. The van der Waals surface area contributed by atoms with Crippen molar-refractivity contribution in [3.8, 4) is 5.75 Å². The van der Waals surface area contributed by atoms with E-state index in [1.165, 1.54) is 50.3 Å². The Hall–Kier alpha value is -3.15. The van der Waals surface area contributed by atoms with Gasteiger partial charge in [0.25, 0.3) is 5.91 Å². The van der Waals surface area contributed by atoms with E-state index in [9.17, 15) is 4.79 Å². The molecule has 0 radical (unpaired) electrons. The first-order valence-electron chi connectivity index (χ1n) is 13.6. The Balaban J connectivity index is 0.00000353. The van der Waals surface area contributed by atoms with Crippen LogP contribution in [-0.4, -0.2) is 27.5 Å². The molecule has 0 bridgehead atoms. The van der Waals surface area contributed by atoms with Crippen molar-refractivity contribution in [2.45, 2.75) is 71.1 Å². The average molecular weight is 566 g/mol. The fourth-order valence-corrected chi connectivity index (χ4v) is 5.82. The number of benzene rings is 1. The van der Waals surface area contributed by atoms with Crippen LogP contribution in [0.2, 0.25) is 0 Å². The predicted molar refractivity (Wildman–Crippen MR) is 150 cm³/mol. The largest absolute Gasteiger partial charge is 0.491 e. The molecular formula is C30H37CrN6O2-. The van der Waals surface area contributed by atoms with Crippen molar-refractivity contribution in [3.63, 3.8) is 0 Å². The van der Waals surface area contributed by atoms with Crippen LogP contribution in [-0.2, 0) is 17.4 Å². The number of nitrogens with zero attached hydrogens (tertiary/aromatic N) is 3. The molecule has 39 heavy (non-hydrogen) atoms. The molecule has 1 amide bonds. The van der Waals surface area contributed by atoms with E-state index in [0.29, 0.717) is 30.1 Å². The van der Waals surface area contributed by atoms with Gasteiger partial charge in [-0.25, -0.2) is 9.97 Å². The molecule has 5 rings (SSSR count). The summed E-state index contributed by atoms with van der Waals surface area (Å²) in [7, 11) is 0. The molecular weight excluding hydrogens is 528 g/mol. The fourth-order valence-electron chi connectivity index (χ4n) is 5.82. The third kappa shape index (κ3) is 6.71. The topological polar surface area (TPSA) is 115 Å². The minimum atomic E-state index is -0.606. The quantitative estimate of drug-likeness (QED) is 0.296. The van der Waals surface area contributed by atoms with Crippen molar-refractivity contribution in [1.82, 2.24) is 15.0 Å². The van der Waals surface area contributed by atoms with E-state index in [1.807, 2.05) is 24.3 Å². The molecule has 0 saturated heterocycles. The summed E-state index contributed by atoms with van der Waals surface area (Å²) in [5, 5.41) is 6.42. The predicted octanol–water partition coefficient (Wildman–Crippen LogP) is 6.67. The summed E-state index contributed by atoms with van der Waals surface area (Å²) in [6.45, 7) is 5.37. The Kier molecular flexibility index (Phi) is 9.47. The molecule has 206 valence electrons. The molecule has 0 spiro atoms. The van der Waals surface area contributed by atoms with Crippen molar-refractivity contribution < 1.29 is 26.9 Å². The molecule has 8 nitrogen and oxygen atoms in total. The van der Waals surface area contributed by atoms with Crippen LogP contribution >= 0.6 is 0 Å². The molecule has 3 heterocycles. The van der Waals surface area contributed by atoms with Gasteiger partial charge in [-0.05, 0) is 37.0 Å². The van der Waals surface area contributed by atoms with Gasteiger partial charge < -0.3 is 27.0 Å². The zero-order valence-corrected chi connectivity index (χ0v) is 24.0. The Morgan fingerprint density at radius 1 is 1.08 bits per heavy atom. The molecule has 1 fully saturated rings. The molecule has 1 aromatic carbocycles. The molecule has 3 aromatic rings. The van der Waals surface area contributed by atoms with E-state index in [4.69, 9.17) is 10.5 Å². The maximum absolute atomic E-state index is 12.2. The van der Waals surface area contributed by atoms with Crippen LogP contribution < -0.4 is 21.1 Å². The number of carbonyl (C=O) groups is 1. The maximum Gasteiger partial charge on any atom is 0.254 e. The molecule has 2 unspecified atom stereocenters. The van der Waals surface area contributed by atoms with Crippen molar-refractivity contribution in [2.75, 3.05) is 17.2 Å². The van der Waals surface area contributed by atoms with E-state index in [0.717, 1.165) is 24.3 Å². The first kappa shape index (κ1) is 28.9.